The summed E-state index contributed by atoms with van der Waals surface area (Å²) >= 11 is 0. The maximum atomic E-state index is 14.7. The van der Waals surface area contributed by atoms with E-state index in [1.807, 2.05) is 75.4 Å². The van der Waals surface area contributed by atoms with Crippen LogP contribution in [0.3, 0.4) is 0 Å². The second-order valence-electron chi connectivity index (χ2n) is 15.7. The van der Waals surface area contributed by atoms with Gasteiger partial charge in [0, 0.05) is 29.4 Å². The Balaban J connectivity index is 1.20. The summed E-state index contributed by atoms with van der Waals surface area (Å²) in [6, 6.07) is 14.9. The van der Waals surface area contributed by atoms with E-state index < -0.39 is 53.0 Å². The van der Waals surface area contributed by atoms with Gasteiger partial charge in [-0.2, -0.15) is 5.21 Å². The summed E-state index contributed by atoms with van der Waals surface area (Å²) in [7, 11) is 1.59. The number of nitrogens with one attached hydrogen (secondary N) is 4. The molecule has 294 valence electrons. The summed E-state index contributed by atoms with van der Waals surface area (Å²) < 4.78 is 17.9. The minimum absolute atomic E-state index is 0.00464. The number of fused-ring (bicyclic) bond motifs is 1. The molecule has 0 bridgehead atoms. The van der Waals surface area contributed by atoms with Gasteiger partial charge in [-0.25, -0.2) is 9.78 Å². The van der Waals surface area contributed by atoms with E-state index in [0.717, 1.165) is 36.6 Å². The van der Waals surface area contributed by atoms with Crippen LogP contribution in [0.25, 0.3) is 22.2 Å². The molecule has 3 fully saturated rings. The Morgan fingerprint density at radius 3 is 2.48 bits per heavy atom. The molecule has 1 saturated heterocycles. The van der Waals surface area contributed by atoms with E-state index in [0.29, 0.717) is 22.7 Å². The largest absolute Gasteiger partial charge is 0.497 e. The number of aromatic nitrogens is 5. The Kier molecular flexibility index (Phi) is 10.6. The lowest BCUT2D eigenvalue weighted by atomic mass is 9.85. The molecule has 2 aromatic heterocycles. The molecule has 5 atom stereocenters. The van der Waals surface area contributed by atoms with Gasteiger partial charge in [0.05, 0.1) is 19.2 Å². The van der Waals surface area contributed by atoms with Crippen LogP contribution in [-0.4, -0.2) is 97.8 Å². The highest BCUT2D eigenvalue weighted by Gasteiger charge is 2.61. The first-order chi connectivity index (χ1) is 26.9. The van der Waals surface area contributed by atoms with Crippen LogP contribution < -0.4 is 25.4 Å². The number of pyridine rings is 1. The highest BCUT2D eigenvalue weighted by molar-refractivity contribution is 6.04. The zero-order chi connectivity index (χ0) is 39.6. The Morgan fingerprint density at radius 1 is 1.05 bits per heavy atom. The second-order valence-corrected chi connectivity index (χ2v) is 15.7. The van der Waals surface area contributed by atoms with Crippen LogP contribution in [-0.2, 0) is 19.1 Å². The zero-order valence-corrected chi connectivity index (χ0v) is 31.9. The van der Waals surface area contributed by atoms with Crippen molar-refractivity contribution in [3.8, 4) is 22.8 Å². The molecule has 56 heavy (non-hydrogen) atoms. The number of nitrogens with zero attached hydrogens (tertiary/aromatic N) is 5. The van der Waals surface area contributed by atoms with Gasteiger partial charge in [-0.15, -0.1) is 11.7 Å². The van der Waals surface area contributed by atoms with Gasteiger partial charge in [-0.3, -0.25) is 19.7 Å². The predicted octanol–water partition coefficient (Wildman–Crippen LogP) is 4.55. The number of carbonyl (C=O) groups is 4. The van der Waals surface area contributed by atoms with Gasteiger partial charge in [-0.05, 0) is 60.9 Å². The van der Waals surface area contributed by atoms with E-state index in [4.69, 9.17) is 19.2 Å². The Morgan fingerprint density at radius 2 is 1.82 bits per heavy atom. The summed E-state index contributed by atoms with van der Waals surface area (Å²) in [4.78, 5) is 62.4. The Labute approximate surface area is 324 Å². The third kappa shape index (κ3) is 8.00. The minimum atomic E-state index is -1.36. The maximum absolute atomic E-state index is 14.7. The molecule has 4 N–H and O–H groups in total. The molecule has 2 aliphatic carbocycles. The Hall–Kier alpha value is -6.06. The maximum Gasteiger partial charge on any atom is 0.408 e. The van der Waals surface area contributed by atoms with Gasteiger partial charge in [0.25, 0.3) is 11.9 Å². The number of likely N-dealkylation sites (tertiary alicyclic amines) is 1. The number of hydrogen-bond donors (Lipinski definition) is 4. The smallest absolute Gasteiger partial charge is 0.408 e. The topological polar surface area (TPSA) is 203 Å². The first-order valence-corrected chi connectivity index (χ1v) is 18.9. The molecular weight excluding hydrogens is 718 g/mol. The summed E-state index contributed by atoms with van der Waals surface area (Å²) in [5.41, 5.74) is -0.0471. The lowest BCUT2D eigenvalue weighted by Gasteiger charge is -2.35. The van der Waals surface area contributed by atoms with Crippen molar-refractivity contribution >= 4 is 40.7 Å². The number of alkyl carbamates (subject to hydrolysis) is 1. The molecule has 3 heterocycles. The van der Waals surface area contributed by atoms with Gasteiger partial charge < -0.3 is 29.7 Å². The lowest BCUT2D eigenvalue weighted by Crippen LogP contribution is -2.59. The summed E-state index contributed by atoms with van der Waals surface area (Å²) in [6.07, 6.45) is 3.86. The molecule has 4 aromatic rings. The summed E-state index contributed by atoms with van der Waals surface area (Å²) in [5.74, 6) is -0.917. The molecule has 0 unspecified atom stereocenters. The molecule has 1 aliphatic heterocycles. The average molecular weight is 766 g/mol. The number of carbonyl (C=O) groups excluding carboxylic acids is 4. The summed E-state index contributed by atoms with van der Waals surface area (Å²) in [6.45, 7) is 9.36. The van der Waals surface area contributed by atoms with Crippen molar-refractivity contribution in [1.82, 2.24) is 41.1 Å². The van der Waals surface area contributed by atoms with Gasteiger partial charge in [-0.1, -0.05) is 62.3 Å². The quantitative estimate of drug-likeness (QED) is 0.147. The first-order valence-electron chi connectivity index (χ1n) is 18.9. The molecule has 7 rings (SSSR count). The average Bonchev–Trinajstić information content (AvgIpc) is 3.64. The second kappa shape index (κ2) is 15.6. The Bertz CT molecular complexity index is 2100. The SMILES string of the molecule is C=C[C@@H]1C[C@]1(NC(=O)[C@@H]1C[C@@H](Oc2cc3ccc(OC)cc3nc2-c2ccccc2)CN1C(=O)[C@@H](NC(=O)OC1CCCC1)C(C)(C)C)C(=O)Nc1nn[nH]n1. The van der Waals surface area contributed by atoms with Crippen LogP contribution in [0.1, 0.15) is 59.3 Å². The number of anilines is 1. The number of hydrogen-bond acceptors (Lipinski definition) is 11. The van der Waals surface area contributed by atoms with Crippen molar-refractivity contribution in [2.45, 2.75) is 89.1 Å². The minimum Gasteiger partial charge on any atom is -0.497 e. The molecular formula is C40H47N9O7. The van der Waals surface area contributed by atoms with Gasteiger partial charge in [0.15, 0.2) is 0 Å². The van der Waals surface area contributed by atoms with Gasteiger partial charge >= 0.3 is 6.09 Å². The monoisotopic (exact) mass is 765 g/mol. The van der Waals surface area contributed by atoms with Crippen molar-refractivity contribution < 1.29 is 33.4 Å². The third-order valence-electron chi connectivity index (χ3n) is 10.8. The van der Waals surface area contributed by atoms with Gasteiger partial charge in [0.1, 0.15) is 47.0 Å². The van der Waals surface area contributed by atoms with Gasteiger partial charge in [0.2, 0.25) is 11.8 Å². The normalized spacial score (nSPS) is 22.6. The van der Waals surface area contributed by atoms with Crippen LogP contribution in [0.5, 0.6) is 11.5 Å². The lowest BCUT2D eigenvalue weighted by molar-refractivity contribution is -0.142. The third-order valence-corrected chi connectivity index (χ3v) is 10.8. The van der Waals surface area contributed by atoms with E-state index in [9.17, 15) is 19.2 Å². The van der Waals surface area contributed by atoms with Crippen molar-refractivity contribution in [3.63, 3.8) is 0 Å². The van der Waals surface area contributed by atoms with E-state index in [1.165, 1.54) is 4.90 Å². The summed E-state index contributed by atoms with van der Waals surface area (Å²) in [5, 5.41) is 22.5. The fourth-order valence-electron chi connectivity index (χ4n) is 7.59. The van der Waals surface area contributed by atoms with Crippen LogP contribution >= 0.6 is 0 Å². The molecule has 16 nitrogen and oxygen atoms in total. The number of H-pyrrole nitrogens is 1. The first kappa shape index (κ1) is 38.2. The van der Waals surface area contributed by atoms with Crippen molar-refractivity contribution in [3.05, 3.63) is 67.3 Å². The molecule has 3 aliphatic rings. The zero-order valence-electron chi connectivity index (χ0n) is 31.9. The van der Waals surface area contributed by atoms with E-state index in [-0.39, 0.29) is 37.4 Å². The highest BCUT2D eigenvalue weighted by atomic mass is 16.6. The van der Waals surface area contributed by atoms with E-state index in [1.54, 1.807) is 13.2 Å². The van der Waals surface area contributed by atoms with E-state index in [2.05, 4.69) is 43.2 Å². The van der Waals surface area contributed by atoms with E-state index >= 15 is 0 Å². The van der Waals surface area contributed by atoms with Crippen LogP contribution in [0.15, 0.2) is 67.3 Å². The number of amides is 4. The molecule has 2 saturated carbocycles. The molecule has 2 aromatic carbocycles. The number of benzene rings is 2. The predicted molar refractivity (Wildman–Crippen MR) is 205 cm³/mol. The molecule has 4 amide bonds. The number of tetrazole rings is 1. The fourth-order valence-corrected chi connectivity index (χ4v) is 7.59. The standard InChI is InChI=1S/C40H47N9O7/c1-6-25-21-40(25,36(52)43-37-45-47-48-46-37)44-34(50)30-20-28(22-49(30)35(51)33(39(2,3)4)42-38(53)56-26-14-10-11-15-26)55-31-18-24-16-17-27(54-5)19-29(24)41-32(31)23-12-8-7-9-13-23/h6-9,12-13,16-19,25-26,28,30,33H,1,10-11,14-15,20-22H2,2-5H3,(H,42,53)(H,44,50)(H2,43,45,46,47,48,52)/t25-,28-,30+,33-,40-/m1/s1. The molecule has 16 heteroatoms. The van der Waals surface area contributed by atoms with Crippen LogP contribution in [0.4, 0.5) is 10.7 Å². The fraction of sp³-hybridized carbons (Fsp3) is 0.450. The number of ether oxygens (including phenoxy) is 3. The molecule has 0 spiro atoms. The number of aromatic amines is 1. The number of rotatable bonds is 12. The van der Waals surface area contributed by atoms with Crippen molar-refractivity contribution in [2.75, 3.05) is 19.0 Å². The van der Waals surface area contributed by atoms with Crippen LogP contribution in [0, 0.1) is 11.3 Å². The highest BCUT2D eigenvalue weighted by Crippen LogP contribution is 2.45. The number of methoxy groups -OCH3 is 1. The van der Waals surface area contributed by atoms with Crippen molar-refractivity contribution in [1.29, 1.82) is 0 Å². The van der Waals surface area contributed by atoms with Crippen molar-refractivity contribution in [2.24, 2.45) is 11.3 Å². The van der Waals surface area contributed by atoms with Crippen LogP contribution in [0.2, 0.25) is 0 Å². The molecule has 0 radical (unpaired) electrons.